The number of carbonyl (C=O) groups is 2. The Kier molecular flexibility index (Phi) is 6.84. The monoisotopic (exact) mass is 325 g/mol. The van der Waals surface area contributed by atoms with Crippen LogP contribution in [0.3, 0.4) is 0 Å². The first-order chi connectivity index (χ1) is 11.0. The molecule has 23 heavy (non-hydrogen) atoms. The third-order valence-electron chi connectivity index (χ3n) is 4.92. The van der Waals surface area contributed by atoms with E-state index in [2.05, 4.69) is 4.90 Å². The molecule has 0 aromatic carbocycles. The highest BCUT2D eigenvalue weighted by molar-refractivity contribution is 5.83. The van der Waals surface area contributed by atoms with Crippen molar-refractivity contribution in [3.63, 3.8) is 0 Å². The van der Waals surface area contributed by atoms with Crippen LogP contribution in [0.5, 0.6) is 0 Å². The average molecular weight is 325 g/mol. The third kappa shape index (κ3) is 5.46. The van der Waals surface area contributed by atoms with Crippen LogP contribution in [0.25, 0.3) is 0 Å². The maximum Gasteiger partial charge on any atom is 0.227 e. The Morgan fingerprint density at radius 1 is 1.22 bits per heavy atom. The van der Waals surface area contributed by atoms with Crippen LogP contribution in [0.15, 0.2) is 0 Å². The molecular formula is C17H31N3O3. The number of likely N-dealkylation sites (N-methyl/N-ethyl adjacent to an activating group) is 1. The van der Waals surface area contributed by atoms with E-state index < -0.39 is 0 Å². The molecule has 0 aliphatic carbocycles. The summed E-state index contributed by atoms with van der Waals surface area (Å²) in [5, 5.41) is 0. The van der Waals surface area contributed by atoms with Crippen LogP contribution < -0.4 is 0 Å². The van der Waals surface area contributed by atoms with Gasteiger partial charge in [0.1, 0.15) is 0 Å². The smallest absolute Gasteiger partial charge is 0.227 e. The van der Waals surface area contributed by atoms with Gasteiger partial charge in [-0.1, -0.05) is 0 Å². The van der Waals surface area contributed by atoms with Crippen LogP contribution in [-0.2, 0) is 14.3 Å². The number of carbonyl (C=O) groups excluding carboxylic acids is 2. The molecule has 0 N–H and O–H groups in total. The number of hydrogen-bond donors (Lipinski definition) is 0. The molecule has 0 bridgehead atoms. The first-order valence-electron chi connectivity index (χ1n) is 8.72. The number of piperidine rings is 1. The van der Waals surface area contributed by atoms with Crippen LogP contribution in [0.4, 0.5) is 0 Å². The average Bonchev–Trinajstić information content (AvgIpc) is 2.54. The number of hydrogen-bond acceptors (Lipinski definition) is 4. The number of amides is 2. The Labute approximate surface area is 139 Å². The molecule has 0 spiro atoms. The zero-order valence-corrected chi connectivity index (χ0v) is 14.8. The zero-order chi connectivity index (χ0) is 16.8. The van der Waals surface area contributed by atoms with Gasteiger partial charge in [-0.3, -0.25) is 9.59 Å². The van der Waals surface area contributed by atoms with Gasteiger partial charge in [-0.2, -0.15) is 0 Å². The Bertz CT molecular complexity index is 408. The summed E-state index contributed by atoms with van der Waals surface area (Å²) in [4.78, 5) is 30.5. The van der Waals surface area contributed by atoms with Gasteiger partial charge in [0.2, 0.25) is 11.8 Å². The van der Waals surface area contributed by atoms with Crippen molar-refractivity contribution in [1.29, 1.82) is 0 Å². The maximum atomic E-state index is 12.7. The minimum absolute atomic E-state index is 0.0419. The lowest BCUT2D eigenvalue weighted by Gasteiger charge is -2.35. The molecule has 6 heteroatoms. The largest absolute Gasteiger partial charge is 0.381 e. The molecule has 0 aromatic rings. The first-order valence-corrected chi connectivity index (χ1v) is 8.72. The summed E-state index contributed by atoms with van der Waals surface area (Å²) in [5.74, 6) is 0.884. The standard InChI is InChI=1S/C17H31N3O3/c1-18(2)8-9-20-13-15(4-5-16(20)21)17(22)19(3)12-14-6-10-23-11-7-14/h14-15H,4-13H2,1-3H3. The van der Waals surface area contributed by atoms with Gasteiger partial charge < -0.3 is 19.4 Å². The molecule has 0 saturated carbocycles. The zero-order valence-electron chi connectivity index (χ0n) is 14.8. The van der Waals surface area contributed by atoms with Crippen LogP contribution in [-0.4, -0.2) is 87.0 Å². The molecular weight excluding hydrogens is 294 g/mol. The van der Waals surface area contributed by atoms with Crippen molar-refractivity contribution in [3.8, 4) is 0 Å². The van der Waals surface area contributed by atoms with E-state index >= 15 is 0 Å². The van der Waals surface area contributed by atoms with Crippen LogP contribution >= 0.6 is 0 Å². The topological polar surface area (TPSA) is 53.1 Å². The van der Waals surface area contributed by atoms with E-state index in [1.807, 2.05) is 30.9 Å². The Morgan fingerprint density at radius 3 is 2.57 bits per heavy atom. The fourth-order valence-corrected chi connectivity index (χ4v) is 3.37. The number of nitrogens with zero attached hydrogens (tertiary/aromatic N) is 3. The molecule has 2 fully saturated rings. The molecule has 2 heterocycles. The molecule has 0 radical (unpaired) electrons. The molecule has 2 aliphatic rings. The van der Waals surface area contributed by atoms with Crippen LogP contribution in [0.2, 0.25) is 0 Å². The normalized spacial score (nSPS) is 23.4. The van der Waals surface area contributed by atoms with Gasteiger partial charge in [-0.05, 0) is 39.3 Å². The maximum absolute atomic E-state index is 12.7. The van der Waals surface area contributed by atoms with E-state index in [0.29, 0.717) is 31.8 Å². The number of rotatable bonds is 6. The lowest BCUT2D eigenvalue weighted by Crippen LogP contribution is -2.48. The number of ether oxygens (including phenoxy) is 1. The van der Waals surface area contributed by atoms with E-state index in [1.165, 1.54) is 0 Å². The van der Waals surface area contributed by atoms with Gasteiger partial charge >= 0.3 is 0 Å². The quantitative estimate of drug-likeness (QED) is 0.720. The molecule has 2 amide bonds. The summed E-state index contributed by atoms with van der Waals surface area (Å²) in [5.41, 5.74) is 0. The van der Waals surface area contributed by atoms with E-state index in [1.54, 1.807) is 0 Å². The Hall–Kier alpha value is -1.14. The van der Waals surface area contributed by atoms with Crippen molar-refractivity contribution in [2.24, 2.45) is 11.8 Å². The molecule has 2 rings (SSSR count). The highest BCUT2D eigenvalue weighted by atomic mass is 16.5. The molecule has 0 aromatic heterocycles. The van der Waals surface area contributed by atoms with Crippen molar-refractivity contribution in [2.75, 3.05) is 60.5 Å². The third-order valence-corrected chi connectivity index (χ3v) is 4.92. The second kappa shape index (κ2) is 8.64. The minimum Gasteiger partial charge on any atom is -0.381 e. The molecule has 1 unspecified atom stereocenters. The van der Waals surface area contributed by atoms with Gasteiger partial charge in [-0.15, -0.1) is 0 Å². The van der Waals surface area contributed by atoms with E-state index in [-0.39, 0.29) is 17.7 Å². The molecule has 2 saturated heterocycles. The summed E-state index contributed by atoms with van der Waals surface area (Å²) in [7, 11) is 5.90. The van der Waals surface area contributed by atoms with Crippen LogP contribution in [0, 0.1) is 11.8 Å². The lowest BCUT2D eigenvalue weighted by atomic mass is 9.94. The predicted octanol–water partition coefficient (Wildman–Crippen LogP) is 0.672. The first kappa shape index (κ1) is 18.2. The second-order valence-corrected chi connectivity index (χ2v) is 7.15. The Balaban J connectivity index is 1.83. The molecule has 6 nitrogen and oxygen atoms in total. The highest BCUT2D eigenvalue weighted by Gasteiger charge is 2.32. The summed E-state index contributed by atoms with van der Waals surface area (Å²) in [6.07, 6.45) is 3.26. The van der Waals surface area contributed by atoms with Gasteiger partial charge in [-0.25, -0.2) is 0 Å². The minimum atomic E-state index is -0.0419. The van der Waals surface area contributed by atoms with Crippen molar-refractivity contribution < 1.29 is 14.3 Å². The molecule has 1 atom stereocenters. The second-order valence-electron chi connectivity index (χ2n) is 7.15. The van der Waals surface area contributed by atoms with E-state index in [4.69, 9.17) is 4.74 Å². The van der Waals surface area contributed by atoms with Gasteiger partial charge in [0, 0.05) is 52.9 Å². The summed E-state index contributed by atoms with van der Waals surface area (Å²) >= 11 is 0. The van der Waals surface area contributed by atoms with Crippen molar-refractivity contribution in [2.45, 2.75) is 25.7 Å². The van der Waals surface area contributed by atoms with Crippen molar-refractivity contribution in [1.82, 2.24) is 14.7 Å². The number of likely N-dealkylation sites (tertiary alicyclic amines) is 1. The molecule has 132 valence electrons. The summed E-state index contributed by atoms with van der Waals surface area (Å²) < 4.78 is 5.38. The van der Waals surface area contributed by atoms with Crippen molar-refractivity contribution in [3.05, 3.63) is 0 Å². The van der Waals surface area contributed by atoms with Gasteiger partial charge in [0.15, 0.2) is 0 Å². The Morgan fingerprint density at radius 2 is 1.91 bits per heavy atom. The fraction of sp³-hybridized carbons (Fsp3) is 0.882. The summed E-state index contributed by atoms with van der Waals surface area (Å²) in [6.45, 7) is 4.55. The highest BCUT2D eigenvalue weighted by Crippen LogP contribution is 2.21. The molecule has 2 aliphatic heterocycles. The van der Waals surface area contributed by atoms with Crippen LogP contribution in [0.1, 0.15) is 25.7 Å². The van der Waals surface area contributed by atoms with Crippen molar-refractivity contribution >= 4 is 11.8 Å². The predicted molar refractivity (Wildman–Crippen MR) is 89.0 cm³/mol. The fourth-order valence-electron chi connectivity index (χ4n) is 3.37. The van der Waals surface area contributed by atoms with Gasteiger partial charge in [0.05, 0.1) is 5.92 Å². The van der Waals surface area contributed by atoms with E-state index in [0.717, 1.165) is 39.1 Å². The van der Waals surface area contributed by atoms with Gasteiger partial charge in [0.25, 0.3) is 0 Å². The summed E-state index contributed by atoms with van der Waals surface area (Å²) in [6, 6.07) is 0. The lowest BCUT2D eigenvalue weighted by molar-refractivity contribution is -0.143. The SMILES string of the molecule is CN(C)CCN1CC(C(=O)N(C)CC2CCOCC2)CCC1=O. The van der Waals surface area contributed by atoms with E-state index in [9.17, 15) is 9.59 Å².